The van der Waals surface area contributed by atoms with Gasteiger partial charge in [-0.05, 0) is 94.2 Å². The van der Waals surface area contributed by atoms with Crippen molar-refractivity contribution in [1.29, 1.82) is 0 Å². The lowest BCUT2D eigenvalue weighted by molar-refractivity contribution is -0.107. The van der Waals surface area contributed by atoms with Crippen LogP contribution in [0.2, 0.25) is 15.1 Å². The Morgan fingerprint density at radius 1 is 0.948 bits per heavy atom. The summed E-state index contributed by atoms with van der Waals surface area (Å²) < 4.78 is 2.03. The quantitative estimate of drug-likeness (QED) is 0.0744. The number of rotatable bonds is 14. The average molecular weight is 839 g/mol. The van der Waals surface area contributed by atoms with Crippen LogP contribution in [0.5, 0.6) is 0 Å². The number of fused-ring (bicyclic) bond motifs is 1. The van der Waals surface area contributed by atoms with Gasteiger partial charge in [0.1, 0.15) is 12.0 Å². The SMILES string of the molecule is CNC(=O)c1ccc(N2CCC(N(C)CCCCC=O)CC2)c(NC(=O)c2[nH]c3cc(Cl)ccc3c2-c2c(-c3ccccc3)ncn2C(C)c2ccc(Cl)cc2Cl)c1. The largest absolute Gasteiger partial charge is 0.370 e. The van der Waals surface area contributed by atoms with E-state index in [1.807, 2.05) is 72.2 Å². The van der Waals surface area contributed by atoms with Crippen molar-refractivity contribution in [1.82, 2.24) is 24.8 Å². The van der Waals surface area contributed by atoms with Gasteiger partial charge in [0.05, 0.1) is 35.1 Å². The first kappa shape index (κ1) is 41.0. The molecule has 1 atom stereocenters. The Bertz CT molecular complexity index is 2440. The van der Waals surface area contributed by atoms with E-state index in [1.165, 1.54) is 0 Å². The van der Waals surface area contributed by atoms with Crippen LogP contribution in [0.4, 0.5) is 11.4 Å². The maximum atomic E-state index is 15.0. The number of nitrogens with zero attached hydrogens (tertiary/aromatic N) is 4. The maximum Gasteiger partial charge on any atom is 0.272 e. The summed E-state index contributed by atoms with van der Waals surface area (Å²) in [6.45, 7) is 4.51. The van der Waals surface area contributed by atoms with Gasteiger partial charge >= 0.3 is 0 Å². The number of H-pyrrole nitrogens is 1. The van der Waals surface area contributed by atoms with Gasteiger partial charge in [-0.1, -0.05) is 77.3 Å². The number of amides is 2. The predicted octanol–water partition coefficient (Wildman–Crippen LogP) is 10.1. The molecule has 6 aromatic rings. The smallest absolute Gasteiger partial charge is 0.272 e. The normalized spacial score (nSPS) is 13.9. The standard InChI is InChI=1S/C45H46Cl3N7O3/c1-28(34-15-13-31(46)25-36(34)48)55-27-50-41(29-10-6-4-7-11-29)43(55)40-35-16-14-32(47)26-37(35)51-42(40)45(58)52-38-24-30(44(57)49-2)12-17-39(38)54-21-18-33(19-22-54)53(3)20-8-5-9-23-56/h4,6-7,10-17,23-28,33,51H,5,8-9,18-22H2,1-3H3,(H,49,57)(H,52,58). The third-order valence-electron chi connectivity index (χ3n) is 11.1. The Morgan fingerprint density at radius 3 is 2.41 bits per heavy atom. The number of halogens is 3. The zero-order valence-electron chi connectivity index (χ0n) is 32.7. The summed E-state index contributed by atoms with van der Waals surface area (Å²) in [7, 11) is 3.73. The van der Waals surface area contributed by atoms with E-state index in [0.29, 0.717) is 66.9 Å². The van der Waals surface area contributed by atoms with Crippen LogP contribution in [0, 0.1) is 0 Å². The number of unbranched alkanes of at least 4 members (excludes halogenated alkanes) is 2. The fourth-order valence-corrected chi connectivity index (χ4v) is 8.73. The summed E-state index contributed by atoms with van der Waals surface area (Å²) in [5, 5.41) is 8.27. The number of nitrogens with one attached hydrogen (secondary N) is 3. The lowest BCUT2D eigenvalue weighted by Crippen LogP contribution is -2.44. The fourth-order valence-electron chi connectivity index (χ4n) is 7.99. The molecule has 1 fully saturated rings. The number of hydrogen-bond acceptors (Lipinski definition) is 6. The molecule has 300 valence electrons. The van der Waals surface area contributed by atoms with Gasteiger partial charge in [-0.15, -0.1) is 0 Å². The van der Waals surface area contributed by atoms with Crippen LogP contribution in [0.15, 0.2) is 91.3 Å². The van der Waals surface area contributed by atoms with Crippen LogP contribution < -0.4 is 15.5 Å². The summed E-state index contributed by atoms with van der Waals surface area (Å²) in [5.41, 5.74) is 6.48. The highest BCUT2D eigenvalue weighted by atomic mass is 35.5. The highest BCUT2D eigenvalue weighted by molar-refractivity contribution is 6.35. The second-order valence-electron chi connectivity index (χ2n) is 14.7. The van der Waals surface area contributed by atoms with Crippen LogP contribution in [0.3, 0.4) is 0 Å². The number of benzene rings is 4. The van der Waals surface area contributed by atoms with Crippen LogP contribution in [0.25, 0.3) is 33.4 Å². The minimum atomic E-state index is -0.397. The van der Waals surface area contributed by atoms with Crippen LogP contribution in [0.1, 0.15) is 71.5 Å². The average Bonchev–Trinajstić information content (AvgIpc) is 3.84. The molecule has 0 spiro atoms. The van der Waals surface area contributed by atoms with Crippen LogP contribution in [-0.4, -0.2) is 77.3 Å². The molecular weight excluding hydrogens is 793 g/mol. The fraction of sp³-hybridized carbons (Fsp3) is 0.289. The lowest BCUT2D eigenvalue weighted by atomic mass is 9.99. The number of imidazole rings is 1. The van der Waals surface area contributed by atoms with E-state index in [-0.39, 0.29) is 11.9 Å². The minimum Gasteiger partial charge on any atom is -0.370 e. The number of hydrogen-bond donors (Lipinski definition) is 3. The molecular formula is C45H46Cl3N7O3. The first-order chi connectivity index (χ1) is 28.1. The van der Waals surface area contributed by atoms with Gasteiger partial charge in [0.25, 0.3) is 11.8 Å². The minimum absolute atomic E-state index is 0.260. The van der Waals surface area contributed by atoms with E-state index in [4.69, 9.17) is 39.8 Å². The molecule has 1 saturated heterocycles. The predicted molar refractivity (Wildman–Crippen MR) is 236 cm³/mol. The van der Waals surface area contributed by atoms with Crippen molar-refractivity contribution < 1.29 is 14.4 Å². The molecule has 2 aromatic heterocycles. The molecule has 13 heteroatoms. The topological polar surface area (TPSA) is 115 Å². The number of carbonyl (C=O) groups excluding carboxylic acids is 3. The van der Waals surface area contributed by atoms with Crippen molar-refractivity contribution in [3.8, 4) is 22.5 Å². The Labute approximate surface area is 353 Å². The number of aromatic nitrogens is 3. The lowest BCUT2D eigenvalue weighted by Gasteiger charge is -2.38. The molecule has 7 rings (SSSR count). The Balaban J connectivity index is 1.30. The highest BCUT2D eigenvalue weighted by Crippen LogP contribution is 2.43. The molecule has 4 aromatic carbocycles. The van der Waals surface area contributed by atoms with E-state index < -0.39 is 5.91 Å². The van der Waals surface area contributed by atoms with E-state index in [0.717, 1.165) is 73.8 Å². The van der Waals surface area contributed by atoms with Crippen LogP contribution >= 0.6 is 34.8 Å². The second kappa shape index (κ2) is 18.2. The van der Waals surface area contributed by atoms with Crippen molar-refractivity contribution in [2.75, 3.05) is 43.9 Å². The van der Waals surface area contributed by atoms with E-state index in [9.17, 15) is 14.4 Å². The summed E-state index contributed by atoms with van der Waals surface area (Å²) in [6, 6.07) is 26.3. The Kier molecular flexibility index (Phi) is 12.9. The van der Waals surface area contributed by atoms with Gasteiger partial charge in [-0.2, -0.15) is 0 Å². The molecule has 1 aliphatic heterocycles. The zero-order chi connectivity index (χ0) is 40.9. The summed E-state index contributed by atoms with van der Waals surface area (Å²) in [5.74, 6) is -0.657. The van der Waals surface area contributed by atoms with E-state index in [1.54, 1.807) is 37.6 Å². The molecule has 2 amide bonds. The maximum absolute atomic E-state index is 15.0. The molecule has 3 heterocycles. The number of carbonyl (C=O) groups is 3. The van der Waals surface area contributed by atoms with Gasteiger partial charge in [-0.25, -0.2) is 4.98 Å². The van der Waals surface area contributed by atoms with Gasteiger partial charge in [0, 0.05) is 75.3 Å². The summed E-state index contributed by atoms with van der Waals surface area (Å²) in [6.07, 6.45) is 7.10. The molecule has 1 unspecified atom stereocenters. The first-order valence-corrected chi connectivity index (χ1v) is 20.7. The Morgan fingerprint density at radius 2 is 1.69 bits per heavy atom. The zero-order valence-corrected chi connectivity index (χ0v) is 35.0. The van der Waals surface area contributed by atoms with E-state index >= 15 is 0 Å². The van der Waals surface area contributed by atoms with Gasteiger partial charge in [0.15, 0.2) is 0 Å². The van der Waals surface area contributed by atoms with Crippen molar-refractivity contribution in [2.45, 2.75) is 51.1 Å². The number of aldehydes is 1. The first-order valence-electron chi connectivity index (χ1n) is 19.5. The molecule has 0 bridgehead atoms. The summed E-state index contributed by atoms with van der Waals surface area (Å²) in [4.78, 5) is 51.7. The molecule has 1 aliphatic rings. The highest BCUT2D eigenvalue weighted by Gasteiger charge is 2.30. The van der Waals surface area contributed by atoms with Crippen molar-refractivity contribution in [3.63, 3.8) is 0 Å². The van der Waals surface area contributed by atoms with Crippen molar-refractivity contribution in [3.05, 3.63) is 123 Å². The monoisotopic (exact) mass is 837 g/mol. The van der Waals surface area contributed by atoms with Crippen molar-refractivity contribution in [2.24, 2.45) is 0 Å². The number of piperidine rings is 1. The number of aromatic amines is 1. The van der Waals surface area contributed by atoms with Gasteiger partial charge in [-0.3, -0.25) is 9.59 Å². The van der Waals surface area contributed by atoms with Crippen LogP contribution in [-0.2, 0) is 4.79 Å². The second-order valence-corrected chi connectivity index (χ2v) is 16.0. The summed E-state index contributed by atoms with van der Waals surface area (Å²) >= 11 is 19.6. The Hall–Kier alpha value is -5.13. The molecule has 0 aliphatic carbocycles. The molecule has 0 saturated carbocycles. The third kappa shape index (κ3) is 8.66. The molecule has 10 nitrogen and oxygen atoms in total. The van der Waals surface area contributed by atoms with Gasteiger partial charge in [0.2, 0.25) is 0 Å². The van der Waals surface area contributed by atoms with Gasteiger partial charge < -0.3 is 34.8 Å². The molecule has 0 radical (unpaired) electrons. The molecule has 58 heavy (non-hydrogen) atoms. The van der Waals surface area contributed by atoms with Crippen molar-refractivity contribution >= 4 is 75.2 Å². The van der Waals surface area contributed by atoms with E-state index in [2.05, 4.69) is 32.5 Å². The third-order valence-corrected chi connectivity index (χ3v) is 11.9. The molecule has 3 N–H and O–H groups in total. The number of anilines is 2.